The Morgan fingerprint density at radius 1 is 1.27 bits per heavy atom. The Bertz CT molecular complexity index is 657. The van der Waals surface area contributed by atoms with E-state index in [1.165, 1.54) is 0 Å². The summed E-state index contributed by atoms with van der Waals surface area (Å²) in [6.45, 7) is 2.35. The minimum Gasteiger partial charge on any atom is -0.493 e. The Labute approximate surface area is 128 Å². The summed E-state index contributed by atoms with van der Waals surface area (Å²) in [6, 6.07) is 8.54. The molecule has 0 saturated carbocycles. The highest BCUT2D eigenvalue weighted by molar-refractivity contribution is 5.95. The quantitative estimate of drug-likeness (QED) is 0.656. The highest BCUT2D eigenvalue weighted by atomic mass is 16.5. The van der Waals surface area contributed by atoms with Crippen molar-refractivity contribution in [2.45, 2.75) is 6.92 Å². The molecular formula is C16H17N3O3. The van der Waals surface area contributed by atoms with Crippen molar-refractivity contribution in [1.82, 2.24) is 10.4 Å². The lowest BCUT2D eigenvalue weighted by atomic mass is 10.2. The van der Waals surface area contributed by atoms with Crippen molar-refractivity contribution in [2.75, 3.05) is 13.7 Å². The van der Waals surface area contributed by atoms with Gasteiger partial charge in [-0.2, -0.15) is 5.10 Å². The minimum absolute atomic E-state index is 0.325. The molecule has 22 heavy (non-hydrogen) atoms. The molecule has 0 aliphatic heterocycles. The lowest BCUT2D eigenvalue weighted by Crippen LogP contribution is -2.17. The molecule has 1 amide bonds. The molecule has 114 valence electrons. The Morgan fingerprint density at radius 2 is 2.05 bits per heavy atom. The summed E-state index contributed by atoms with van der Waals surface area (Å²) in [6.07, 6.45) is 4.86. The summed E-state index contributed by atoms with van der Waals surface area (Å²) >= 11 is 0. The monoisotopic (exact) mass is 299 g/mol. The molecule has 0 radical (unpaired) electrons. The van der Waals surface area contributed by atoms with E-state index in [0.717, 1.165) is 5.56 Å². The second-order valence-electron chi connectivity index (χ2n) is 4.28. The Hall–Kier alpha value is -2.89. The third-order valence-corrected chi connectivity index (χ3v) is 2.81. The number of carbonyl (C=O) groups is 1. The third kappa shape index (κ3) is 4.05. The van der Waals surface area contributed by atoms with Gasteiger partial charge in [-0.25, -0.2) is 5.43 Å². The van der Waals surface area contributed by atoms with E-state index in [1.807, 2.05) is 6.92 Å². The van der Waals surface area contributed by atoms with Gasteiger partial charge in [0.25, 0.3) is 5.91 Å². The number of benzene rings is 1. The van der Waals surface area contributed by atoms with Crippen molar-refractivity contribution in [3.8, 4) is 11.5 Å². The van der Waals surface area contributed by atoms with Crippen LogP contribution in [0.5, 0.6) is 11.5 Å². The number of nitrogens with zero attached hydrogens (tertiary/aromatic N) is 2. The predicted octanol–water partition coefficient (Wildman–Crippen LogP) is 2.25. The van der Waals surface area contributed by atoms with Crippen LogP contribution in [0.15, 0.2) is 47.8 Å². The van der Waals surface area contributed by atoms with Gasteiger partial charge < -0.3 is 9.47 Å². The van der Waals surface area contributed by atoms with Crippen LogP contribution in [0.4, 0.5) is 0 Å². The fourth-order valence-electron chi connectivity index (χ4n) is 1.77. The third-order valence-electron chi connectivity index (χ3n) is 2.81. The van der Waals surface area contributed by atoms with Crippen molar-refractivity contribution >= 4 is 12.1 Å². The van der Waals surface area contributed by atoms with E-state index in [0.29, 0.717) is 23.7 Å². The van der Waals surface area contributed by atoms with E-state index in [-0.39, 0.29) is 5.91 Å². The predicted molar refractivity (Wildman–Crippen MR) is 83.5 cm³/mol. The molecule has 0 spiro atoms. The molecular weight excluding hydrogens is 282 g/mol. The van der Waals surface area contributed by atoms with Gasteiger partial charge in [0, 0.05) is 18.0 Å². The van der Waals surface area contributed by atoms with Gasteiger partial charge in [-0.3, -0.25) is 9.78 Å². The van der Waals surface area contributed by atoms with Crippen molar-refractivity contribution in [3.63, 3.8) is 0 Å². The molecule has 0 fully saturated rings. The number of aromatic nitrogens is 1. The molecule has 0 aliphatic rings. The second-order valence-corrected chi connectivity index (χ2v) is 4.28. The zero-order valence-electron chi connectivity index (χ0n) is 12.4. The molecule has 0 saturated heterocycles. The first-order valence-corrected chi connectivity index (χ1v) is 6.79. The maximum atomic E-state index is 12.1. The lowest BCUT2D eigenvalue weighted by molar-refractivity contribution is 0.0954. The highest BCUT2D eigenvalue weighted by Gasteiger charge is 2.10. The largest absolute Gasteiger partial charge is 0.493 e. The second kappa shape index (κ2) is 7.78. The minimum atomic E-state index is -0.325. The summed E-state index contributed by atoms with van der Waals surface area (Å²) in [5.74, 6) is 0.781. The van der Waals surface area contributed by atoms with Gasteiger partial charge >= 0.3 is 0 Å². The van der Waals surface area contributed by atoms with E-state index in [2.05, 4.69) is 15.5 Å². The van der Waals surface area contributed by atoms with Gasteiger partial charge in [0.2, 0.25) is 0 Å². The summed E-state index contributed by atoms with van der Waals surface area (Å²) in [5.41, 5.74) is 3.76. The van der Waals surface area contributed by atoms with Crippen LogP contribution in [0, 0.1) is 0 Å². The molecule has 0 aliphatic carbocycles. The molecule has 1 aromatic heterocycles. The van der Waals surface area contributed by atoms with E-state index >= 15 is 0 Å². The number of ether oxygens (including phenoxy) is 2. The summed E-state index contributed by atoms with van der Waals surface area (Å²) < 4.78 is 10.6. The molecule has 6 nitrogen and oxygen atoms in total. The van der Waals surface area contributed by atoms with Crippen LogP contribution in [-0.4, -0.2) is 30.8 Å². The number of pyridine rings is 1. The summed E-state index contributed by atoms with van der Waals surface area (Å²) in [7, 11) is 1.55. The van der Waals surface area contributed by atoms with Gasteiger partial charge in [0.1, 0.15) is 0 Å². The van der Waals surface area contributed by atoms with E-state index in [9.17, 15) is 4.79 Å². The zero-order chi connectivity index (χ0) is 15.8. The molecule has 1 N–H and O–H groups in total. The van der Waals surface area contributed by atoms with Crippen LogP contribution >= 0.6 is 0 Å². The van der Waals surface area contributed by atoms with Crippen LogP contribution in [0.1, 0.15) is 22.8 Å². The number of hydrogen-bond donors (Lipinski definition) is 1. The zero-order valence-corrected chi connectivity index (χ0v) is 12.4. The number of rotatable bonds is 6. The van der Waals surface area contributed by atoms with Gasteiger partial charge in [0.05, 0.1) is 19.9 Å². The Morgan fingerprint density at radius 3 is 2.73 bits per heavy atom. The smallest absolute Gasteiger partial charge is 0.271 e. The van der Waals surface area contributed by atoms with Gasteiger partial charge in [-0.05, 0) is 42.8 Å². The van der Waals surface area contributed by atoms with Crippen molar-refractivity contribution in [2.24, 2.45) is 5.10 Å². The molecule has 1 heterocycles. The van der Waals surface area contributed by atoms with Gasteiger partial charge in [-0.15, -0.1) is 0 Å². The van der Waals surface area contributed by atoms with Crippen LogP contribution in [-0.2, 0) is 0 Å². The number of hydrazone groups is 1. The van der Waals surface area contributed by atoms with E-state index < -0.39 is 0 Å². The first-order valence-electron chi connectivity index (χ1n) is 6.79. The Balaban J connectivity index is 2.06. The maximum absolute atomic E-state index is 12.1. The van der Waals surface area contributed by atoms with Crippen LogP contribution in [0.3, 0.4) is 0 Å². The molecule has 1 aromatic carbocycles. The molecule has 2 rings (SSSR count). The lowest BCUT2D eigenvalue weighted by Gasteiger charge is -2.10. The molecule has 0 unspecified atom stereocenters. The van der Waals surface area contributed by atoms with E-state index in [1.54, 1.807) is 56.0 Å². The standard InChI is InChI=1S/C16H17N3O3/c1-3-22-15-10-13(4-5-14(15)21-2)16(20)19-18-11-12-6-8-17-9-7-12/h4-11H,3H2,1-2H3,(H,19,20). The topological polar surface area (TPSA) is 72.8 Å². The summed E-state index contributed by atoms with van der Waals surface area (Å²) in [4.78, 5) is 16.0. The average Bonchev–Trinajstić information content (AvgIpc) is 2.56. The first-order chi connectivity index (χ1) is 10.7. The SMILES string of the molecule is CCOc1cc(C(=O)NN=Cc2ccncc2)ccc1OC. The van der Waals surface area contributed by atoms with Crippen LogP contribution in [0.2, 0.25) is 0 Å². The normalized spacial score (nSPS) is 10.5. The number of methoxy groups -OCH3 is 1. The van der Waals surface area contributed by atoms with Crippen LogP contribution in [0.25, 0.3) is 0 Å². The van der Waals surface area contributed by atoms with Crippen LogP contribution < -0.4 is 14.9 Å². The number of hydrogen-bond acceptors (Lipinski definition) is 5. The average molecular weight is 299 g/mol. The number of nitrogens with one attached hydrogen (secondary N) is 1. The molecule has 2 aromatic rings. The number of amides is 1. The van der Waals surface area contributed by atoms with Crippen molar-refractivity contribution < 1.29 is 14.3 Å². The molecule has 0 bridgehead atoms. The maximum Gasteiger partial charge on any atom is 0.271 e. The van der Waals surface area contributed by atoms with Crippen molar-refractivity contribution in [1.29, 1.82) is 0 Å². The fourth-order valence-corrected chi connectivity index (χ4v) is 1.77. The van der Waals surface area contributed by atoms with E-state index in [4.69, 9.17) is 9.47 Å². The summed E-state index contributed by atoms with van der Waals surface area (Å²) in [5, 5.41) is 3.91. The van der Waals surface area contributed by atoms with Gasteiger partial charge in [-0.1, -0.05) is 0 Å². The molecule has 0 atom stereocenters. The number of carbonyl (C=O) groups excluding carboxylic acids is 1. The molecule has 6 heteroatoms. The van der Waals surface area contributed by atoms with Crippen molar-refractivity contribution in [3.05, 3.63) is 53.9 Å². The van der Waals surface area contributed by atoms with Gasteiger partial charge in [0.15, 0.2) is 11.5 Å². The highest BCUT2D eigenvalue weighted by Crippen LogP contribution is 2.27. The Kier molecular flexibility index (Phi) is 5.48. The fraction of sp³-hybridized carbons (Fsp3) is 0.188. The first kappa shape index (κ1) is 15.5.